The number of nitrogens with zero attached hydrogens (tertiary/aromatic N) is 3. The number of hydrogen-bond donors (Lipinski definition) is 0. The van der Waals surface area contributed by atoms with Crippen molar-refractivity contribution in [1.82, 2.24) is 9.97 Å². The summed E-state index contributed by atoms with van der Waals surface area (Å²) in [6.45, 7) is 4.80. The van der Waals surface area contributed by atoms with E-state index in [0.29, 0.717) is 0 Å². The number of fused-ring (bicyclic) bond motifs is 13. The van der Waals surface area contributed by atoms with Crippen molar-refractivity contribution in [2.75, 3.05) is 4.90 Å². The van der Waals surface area contributed by atoms with Crippen molar-refractivity contribution in [3.05, 3.63) is 185 Å². The minimum absolute atomic E-state index is 0.130. The quantitative estimate of drug-likeness (QED) is 0.197. The Balaban J connectivity index is 1.29. The second-order valence-corrected chi connectivity index (χ2v) is 13.4. The smallest absolute Gasteiger partial charge is 0.0906 e. The van der Waals surface area contributed by atoms with Gasteiger partial charge >= 0.3 is 0 Å². The summed E-state index contributed by atoms with van der Waals surface area (Å²) < 4.78 is 0. The predicted molar refractivity (Wildman–Crippen MR) is 191 cm³/mol. The number of hydrogen-bond acceptors (Lipinski definition) is 3. The topological polar surface area (TPSA) is 29.0 Å². The standard InChI is InChI=1S/C44H31N3/c1-43(2)32-15-5-3-13-29(32)30-22-23-36-41(42(30)43)31-14-4-6-16-33(31)44(36)34-17-7-9-20-39(34)47(40-21-10-8-18-35(40)44)28-24-26-46-38(27-28)37-19-11-12-25-45-37/h3-27H,1-2H3. The van der Waals surface area contributed by atoms with Gasteiger partial charge in [-0.15, -0.1) is 0 Å². The van der Waals surface area contributed by atoms with Crippen LogP contribution >= 0.6 is 0 Å². The molecule has 3 nitrogen and oxygen atoms in total. The van der Waals surface area contributed by atoms with Crippen molar-refractivity contribution in [3.8, 4) is 33.6 Å². The first-order valence-corrected chi connectivity index (χ1v) is 16.3. The molecule has 0 atom stereocenters. The largest absolute Gasteiger partial charge is 0.310 e. The molecule has 2 aliphatic carbocycles. The van der Waals surface area contributed by atoms with Crippen LogP contribution < -0.4 is 4.90 Å². The van der Waals surface area contributed by atoms with E-state index in [0.717, 1.165) is 17.1 Å². The maximum absolute atomic E-state index is 4.72. The van der Waals surface area contributed by atoms with Gasteiger partial charge in [0.2, 0.25) is 0 Å². The van der Waals surface area contributed by atoms with Crippen molar-refractivity contribution in [3.63, 3.8) is 0 Å². The molecule has 0 radical (unpaired) electrons. The van der Waals surface area contributed by atoms with Gasteiger partial charge in [-0.05, 0) is 92.0 Å². The second kappa shape index (κ2) is 9.37. The van der Waals surface area contributed by atoms with E-state index in [-0.39, 0.29) is 5.41 Å². The lowest BCUT2D eigenvalue weighted by molar-refractivity contribution is 0.660. The molecular weight excluding hydrogens is 571 g/mol. The Morgan fingerprint density at radius 1 is 0.468 bits per heavy atom. The first-order valence-electron chi connectivity index (χ1n) is 16.3. The fourth-order valence-corrected chi connectivity index (χ4v) is 8.96. The summed E-state index contributed by atoms with van der Waals surface area (Å²) in [4.78, 5) is 11.7. The lowest BCUT2D eigenvalue weighted by Crippen LogP contribution is -2.36. The predicted octanol–water partition coefficient (Wildman–Crippen LogP) is 10.6. The van der Waals surface area contributed by atoms with E-state index in [2.05, 4.69) is 145 Å². The summed E-state index contributed by atoms with van der Waals surface area (Å²) in [5.74, 6) is 0. The summed E-state index contributed by atoms with van der Waals surface area (Å²) >= 11 is 0. The van der Waals surface area contributed by atoms with Gasteiger partial charge in [0, 0.05) is 23.5 Å². The van der Waals surface area contributed by atoms with Crippen LogP contribution in [0.25, 0.3) is 33.6 Å². The molecule has 0 bridgehead atoms. The first kappa shape index (κ1) is 26.4. The molecule has 5 aromatic carbocycles. The van der Waals surface area contributed by atoms with Gasteiger partial charge in [-0.25, -0.2) is 0 Å². The highest BCUT2D eigenvalue weighted by Gasteiger charge is 2.54. The minimum atomic E-state index is -0.480. The number of para-hydroxylation sites is 2. The summed E-state index contributed by atoms with van der Waals surface area (Å²) in [5.41, 5.74) is 18.1. The van der Waals surface area contributed by atoms with Crippen LogP contribution in [-0.2, 0) is 10.8 Å². The van der Waals surface area contributed by atoms with Gasteiger partial charge in [0.05, 0.1) is 28.2 Å². The Morgan fingerprint density at radius 2 is 1.09 bits per heavy atom. The number of benzene rings is 5. The number of anilines is 3. The van der Waals surface area contributed by atoms with Gasteiger partial charge < -0.3 is 4.90 Å². The molecule has 0 saturated heterocycles. The zero-order chi connectivity index (χ0) is 31.3. The van der Waals surface area contributed by atoms with Crippen LogP contribution in [0, 0.1) is 0 Å². The number of aromatic nitrogens is 2. The van der Waals surface area contributed by atoms with Crippen LogP contribution in [0.3, 0.4) is 0 Å². The van der Waals surface area contributed by atoms with E-state index in [1.165, 1.54) is 67.0 Å². The van der Waals surface area contributed by atoms with Gasteiger partial charge in [0.25, 0.3) is 0 Å². The lowest BCUT2D eigenvalue weighted by atomic mass is 9.64. The molecule has 47 heavy (non-hydrogen) atoms. The highest BCUT2D eigenvalue weighted by Crippen LogP contribution is 2.66. The Kier molecular flexibility index (Phi) is 5.27. The fourth-order valence-electron chi connectivity index (χ4n) is 8.96. The maximum atomic E-state index is 4.72. The third kappa shape index (κ3) is 3.31. The lowest BCUT2D eigenvalue weighted by Gasteiger charge is -2.45. The van der Waals surface area contributed by atoms with Crippen molar-refractivity contribution >= 4 is 17.1 Å². The van der Waals surface area contributed by atoms with E-state index in [4.69, 9.17) is 4.98 Å². The van der Waals surface area contributed by atoms with Crippen LogP contribution in [0.2, 0.25) is 0 Å². The van der Waals surface area contributed by atoms with Gasteiger partial charge in [-0.1, -0.05) is 117 Å². The molecule has 0 amide bonds. The third-order valence-electron chi connectivity index (χ3n) is 10.8. The Morgan fingerprint density at radius 3 is 1.81 bits per heavy atom. The van der Waals surface area contributed by atoms with Crippen LogP contribution in [-0.4, -0.2) is 9.97 Å². The monoisotopic (exact) mass is 601 g/mol. The average Bonchev–Trinajstić information content (AvgIpc) is 3.55. The van der Waals surface area contributed by atoms with Gasteiger partial charge in [-0.2, -0.15) is 0 Å². The normalized spacial score (nSPS) is 15.3. The number of pyridine rings is 2. The molecule has 10 rings (SSSR count). The minimum Gasteiger partial charge on any atom is -0.310 e. The summed E-state index contributed by atoms with van der Waals surface area (Å²) in [5, 5.41) is 0. The Hall–Kier alpha value is -5.80. The molecule has 3 aliphatic rings. The van der Waals surface area contributed by atoms with Crippen molar-refractivity contribution < 1.29 is 0 Å². The van der Waals surface area contributed by atoms with Crippen molar-refractivity contribution in [1.29, 1.82) is 0 Å². The molecule has 222 valence electrons. The van der Waals surface area contributed by atoms with E-state index in [1.807, 2.05) is 30.6 Å². The zero-order valence-corrected chi connectivity index (χ0v) is 26.3. The van der Waals surface area contributed by atoms with Crippen molar-refractivity contribution in [2.24, 2.45) is 0 Å². The maximum Gasteiger partial charge on any atom is 0.0906 e. The van der Waals surface area contributed by atoms with Crippen LogP contribution in [0.15, 0.2) is 152 Å². The van der Waals surface area contributed by atoms with Gasteiger partial charge in [0.1, 0.15) is 0 Å². The van der Waals surface area contributed by atoms with E-state index >= 15 is 0 Å². The number of rotatable bonds is 2. The summed E-state index contributed by atoms with van der Waals surface area (Å²) in [6, 6.07) is 51.2. The van der Waals surface area contributed by atoms with Crippen LogP contribution in [0.1, 0.15) is 47.2 Å². The third-order valence-corrected chi connectivity index (χ3v) is 10.8. The van der Waals surface area contributed by atoms with E-state index in [9.17, 15) is 0 Å². The van der Waals surface area contributed by atoms with Crippen molar-refractivity contribution in [2.45, 2.75) is 24.7 Å². The SMILES string of the molecule is CC1(C)c2ccccc2-c2ccc3c(c21)-c1ccccc1C31c2ccccc2N(c2ccnc(-c3ccccn3)c2)c2ccccc21. The molecule has 7 aromatic rings. The zero-order valence-electron chi connectivity index (χ0n) is 26.3. The Bertz CT molecular complexity index is 2360. The van der Waals surface area contributed by atoms with Crippen LogP contribution in [0.4, 0.5) is 17.1 Å². The fraction of sp³-hybridized carbons (Fsp3) is 0.0909. The molecule has 3 heteroatoms. The highest BCUT2D eigenvalue weighted by atomic mass is 15.2. The molecule has 1 aliphatic heterocycles. The molecule has 0 N–H and O–H groups in total. The summed E-state index contributed by atoms with van der Waals surface area (Å²) in [6.07, 6.45) is 3.72. The molecule has 0 fully saturated rings. The second-order valence-electron chi connectivity index (χ2n) is 13.4. The average molecular weight is 602 g/mol. The Labute approximate surface area is 274 Å². The van der Waals surface area contributed by atoms with Gasteiger partial charge in [0.15, 0.2) is 0 Å². The molecule has 0 saturated carbocycles. The molecule has 3 heterocycles. The molecule has 2 aromatic heterocycles. The summed E-state index contributed by atoms with van der Waals surface area (Å²) in [7, 11) is 0. The van der Waals surface area contributed by atoms with Gasteiger partial charge in [-0.3, -0.25) is 9.97 Å². The molecule has 0 unspecified atom stereocenters. The molecule has 1 spiro atoms. The van der Waals surface area contributed by atoms with Crippen LogP contribution in [0.5, 0.6) is 0 Å². The molecular formula is C44H31N3. The highest BCUT2D eigenvalue weighted by molar-refractivity contribution is 6.00. The van der Waals surface area contributed by atoms with E-state index in [1.54, 1.807) is 0 Å². The van der Waals surface area contributed by atoms with E-state index < -0.39 is 5.41 Å². The first-order chi connectivity index (χ1) is 23.1.